The van der Waals surface area contributed by atoms with E-state index in [1.165, 1.54) is 30.1 Å². The average Bonchev–Trinajstić information content (AvgIpc) is 3.94. The highest BCUT2D eigenvalue weighted by atomic mass is 32.2. The number of nitrogen functional groups attached to an aromatic ring is 1. The molecule has 0 spiro atoms. The molecule has 2 saturated heterocycles. The number of nitrogens with two attached hydrogens (primary N) is 1. The van der Waals surface area contributed by atoms with Gasteiger partial charge in [0.25, 0.3) is 5.91 Å². The molecule has 2 fully saturated rings. The highest BCUT2D eigenvalue weighted by Crippen LogP contribution is 2.40. The first-order chi connectivity index (χ1) is 31.7. The molecule has 0 saturated carbocycles. The lowest BCUT2D eigenvalue weighted by Gasteiger charge is -2.32. The average molecular weight is 925 g/mol. The summed E-state index contributed by atoms with van der Waals surface area (Å²) in [6.07, 6.45) is 7.82. The Hall–Kier alpha value is -6.93. The van der Waals surface area contributed by atoms with Crippen LogP contribution in [0.1, 0.15) is 76.6 Å². The Balaban J connectivity index is 0.978. The zero-order valence-corrected chi connectivity index (χ0v) is 37.1. The van der Waals surface area contributed by atoms with Gasteiger partial charge in [0.05, 0.1) is 34.4 Å². The molecule has 344 valence electrons. The largest absolute Gasteiger partial charge is 0.484 e. The Bertz CT molecular complexity index is 2850. The van der Waals surface area contributed by atoms with Crippen LogP contribution < -0.4 is 20.5 Å². The van der Waals surface area contributed by atoms with Crippen molar-refractivity contribution in [3.05, 3.63) is 107 Å². The van der Waals surface area contributed by atoms with Gasteiger partial charge in [-0.05, 0) is 68.0 Å². The number of hydrogen-bond acceptors (Lipinski definition) is 11. The SMILES string of the molecule is CC(Oc1cc(-c2nn(C)c3c(-c4cnn(C5CCN(CCc6cccc(C=O)c6C(=O)N(C)C6CCC(=O)NC6=O)CC5)c4)cnc(N)c23)ccc1NS(=O)C(F)F)c1ccc(F)cc1. The van der Waals surface area contributed by atoms with Crippen molar-refractivity contribution in [2.45, 2.75) is 63.0 Å². The molecule has 20 heteroatoms. The minimum absolute atomic E-state index is 0.0543. The first-order valence-electron chi connectivity index (χ1n) is 21.3. The molecular formula is C46H47F3N10O6S. The van der Waals surface area contributed by atoms with E-state index < -0.39 is 46.5 Å². The van der Waals surface area contributed by atoms with Gasteiger partial charge in [0.15, 0.2) is 17.3 Å². The molecule has 3 aromatic heterocycles. The minimum atomic E-state index is -3.16. The van der Waals surface area contributed by atoms with Crippen molar-refractivity contribution in [3.63, 3.8) is 0 Å². The van der Waals surface area contributed by atoms with Crippen molar-refractivity contribution < 1.29 is 41.3 Å². The van der Waals surface area contributed by atoms with Crippen LogP contribution in [0.15, 0.2) is 79.3 Å². The molecule has 8 rings (SSSR count). The Morgan fingerprint density at radius 3 is 2.55 bits per heavy atom. The Labute approximate surface area is 379 Å². The van der Waals surface area contributed by atoms with Gasteiger partial charge in [0, 0.05) is 74.8 Å². The number of ether oxygens (including phenoxy) is 1. The van der Waals surface area contributed by atoms with Crippen molar-refractivity contribution in [2.75, 3.05) is 37.1 Å². The maximum absolute atomic E-state index is 13.8. The summed E-state index contributed by atoms with van der Waals surface area (Å²) in [5.41, 5.74) is 11.5. The zero-order valence-electron chi connectivity index (χ0n) is 36.2. The molecule has 3 amide bonds. The standard InChI is InChI=1S/C46H47F3N10O6S/c1-26(27-7-10-32(47)11-8-27)65-37-21-29(9-12-35(37)55-66(64)46(48)49)41-40-42(57(3)54-41)34(23-51-43(40)50)31-22-52-59(24-31)33-16-19-58(20-17-33)18-15-28-5-4-6-30(25-60)39(28)45(63)56(2)36-13-14-38(61)53-44(36)62/h4-12,21-26,33,36,46,55H,13-20H2,1-3H3,(H2,50,51)(H,53,61,62). The number of amides is 3. The van der Waals surface area contributed by atoms with Crippen molar-refractivity contribution >= 4 is 57.4 Å². The van der Waals surface area contributed by atoms with E-state index in [0.29, 0.717) is 52.5 Å². The van der Waals surface area contributed by atoms with Gasteiger partial charge < -0.3 is 20.3 Å². The number of alkyl halides is 2. The third-order valence-electron chi connectivity index (χ3n) is 12.2. The fourth-order valence-electron chi connectivity index (χ4n) is 8.67. The van der Waals surface area contributed by atoms with E-state index in [0.717, 1.165) is 37.1 Å². The van der Waals surface area contributed by atoms with Crippen LogP contribution >= 0.6 is 0 Å². The number of piperidine rings is 2. The number of fused-ring (bicyclic) bond motifs is 1. The fraction of sp³-hybridized carbons (Fsp3) is 0.326. The molecule has 0 bridgehead atoms. The molecule has 2 aliphatic heterocycles. The summed E-state index contributed by atoms with van der Waals surface area (Å²) in [5, 5.41) is 12.4. The predicted molar refractivity (Wildman–Crippen MR) is 241 cm³/mol. The number of likely N-dealkylation sites (N-methyl/N-ethyl adjacent to an activating group) is 1. The molecule has 3 aromatic carbocycles. The summed E-state index contributed by atoms with van der Waals surface area (Å²) in [5.74, 6) is -4.64. The van der Waals surface area contributed by atoms with Gasteiger partial charge >= 0.3 is 5.76 Å². The number of aldehydes is 1. The molecule has 2 aliphatic rings. The highest BCUT2D eigenvalue weighted by molar-refractivity contribution is 7.86. The number of aryl methyl sites for hydroxylation is 1. The van der Waals surface area contributed by atoms with Crippen LogP contribution in [-0.2, 0) is 34.0 Å². The third kappa shape index (κ3) is 9.41. The van der Waals surface area contributed by atoms with E-state index >= 15 is 0 Å². The number of pyridine rings is 1. The maximum atomic E-state index is 13.8. The Morgan fingerprint density at radius 2 is 1.83 bits per heavy atom. The summed E-state index contributed by atoms with van der Waals surface area (Å²) < 4.78 is 64.8. The van der Waals surface area contributed by atoms with Crippen LogP contribution in [0.5, 0.6) is 5.75 Å². The van der Waals surface area contributed by atoms with E-state index in [1.54, 1.807) is 67.4 Å². The summed E-state index contributed by atoms with van der Waals surface area (Å²) >= 11 is 0. The first-order valence-corrected chi connectivity index (χ1v) is 22.5. The van der Waals surface area contributed by atoms with Crippen LogP contribution in [0, 0.1) is 5.82 Å². The van der Waals surface area contributed by atoms with Crippen LogP contribution in [0.4, 0.5) is 24.7 Å². The minimum Gasteiger partial charge on any atom is -0.484 e. The van der Waals surface area contributed by atoms with Gasteiger partial charge in [-0.1, -0.05) is 36.4 Å². The van der Waals surface area contributed by atoms with E-state index in [4.69, 9.17) is 20.7 Å². The fourth-order valence-corrected chi connectivity index (χ4v) is 9.14. The first kappa shape index (κ1) is 45.6. The second kappa shape index (κ2) is 19.3. The highest BCUT2D eigenvalue weighted by Gasteiger charge is 2.34. The van der Waals surface area contributed by atoms with E-state index in [9.17, 15) is 36.6 Å². The van der Waals surface area contributed by atoms with Crippen LogP contribution in [0.25, 0.3) is 33.3 Å². The number of nitrogens with zero attached hydrogens (tertiary/aromatic N) is 7. The second-order valence-electron chi connectivity index (χ2n) is 16.3. The number of rotatable bonds is 15. The molecule has 0 aliphatic carbocycles. The van der Waals surface area contributed by atoms with Gasteiger partial charge in [0.1, 0.15) is 35.2 Å². The number of likely N-dealkylation sites (tertiary alicyclic amines) is 1. The molecule has 3 atom stereocenters. The lowest BCUT2D eigenvalue weighted by atomic mass is 9.96. The number of aromatic nitrogens is 5. The second-order valence-corrected chi connectivity index (χ2v) is 17.5. The lowest BCUT2D eigenvalue weighted by Crippen LogP contribution is -2.53. The molecule has 4 N–H and O–H groups in total. The smallest absolute Gasteiger partial charge is 0.330 e. The van der Waals surface area contributed by atoms with Gasteiger partial charge in [-0.25, -0.2) is 13.6 Å². The molecule has 5 heterocycles. The van der Waals surface area contributed by atoms with Crippen molar-refractivity contribution in [3.8, 4) is 28.1 Å². The van der Waals surface area contributed by atoms with Crippen LogP contribution in [0.2, 0.25) is 0 Å². The molecular weight excluding hydrogens is 878 g/mol. The summed E-state index contributed by atoms with van der Waals surface area (Å²) in [6.45, 7) is 3.86. The monoisotopic (exact) mass is 924 g/mol. The van der Waals surface area contributed by atoms with Gasteiger partial charge in [-0.2, -0.15) is 19.0 Å². The predicted octanol–water partition coefficient (Wildman–Crippen LogP) is 6.23. The summed E-state index contributed by atoms with van der Waals surface area (Å²) in [7, 11) is 0.567. The number of halogens is 3. The topological polar surface area (TPSA) is 200 Å². The lowest BCUT2D eigenvalue weighted by molar-refractivity contribution is -0.136. The number of carbonyl (C=O) groups excluding carboxylic acids is 4. The molecule has 3 unspecified atom stereocenters. The Kier molecular flexibility index (Phi) is 13.3. The molecule has 66 heavy (non-hydrogen) atoms. The van der Waals surface area contributed by atoms with Gasteiger partial charge in [-0.15, -0.1) is 0 Å². The maximum Gasteiger partial charge on any atom is 0.330 e. The quantitative estimate of drug-likeness (QED) is 0.0780. The number of anilines is 2. The normalized spacial score (nSPS) is 16.9. The number of hydrogen-bond donors (Lipinski definition) is 3. The third-order valence-corrected chi connectivity index (χ3v) is 13.0. The van der Waals surface area contributed by atoms with Crippen molar-refractivity contribution in [2.24, 2.45) is 7.05 Å². The van der Waals surface area contributed by atoms with Gasteiger partial charge in [0.2, 0.25) is 11.8 Å². The number of nitrogens with one attached hydrogen (secondary N) is 2. The van der Waals surface area contributed by atoms with Crippen molar-refractivity contribution in [1.82, 2.24) is 39.7 Å². The van der Waals surface area contributed by atoms with E-state index in [1.807, 2.05) is 16.9 Å². The van der Waals surface area contributed by atoms with E-state index in [-0.39, 0.29) is 53.2 Å². The molecule has 6 aromatic rings. The molecule has 0 radical (unpaired) electrons. The number of benzene rings is 3. The van der Waals surface area contributed by atoms with Crippen molar-refractivity contribution in [1.29, 1.82) is 0 Å². The molecule has 16 nitrogen and oxygen atoms in total. The summed E-state index contributed by atoms with van der Waals surface area (Å²) in [4.78, 5) is 58.3. The number of carbonyl (C=O) groups is 4. The Morgan fingerprint density at radius 1 is 1.08 bits per heavy atom. The zero-order chi connectivity index (χ0) is 46.8. The summed E-state index contributed by atoms with van der Waals surface area (Å²) in [6, 6.07) is 14.8. The van der Waals surface area contributed by atoms with Gasteiger partial charge in [-0.3, -0.25) is 38.6 Å². The van der Waals surface area contributed by atoms with Crippen LogP contribution in [0.3, 0.4) is 0 Å². The van der Waals surface area contributed by atoms with E-state index in [2.05, 4.69) is 19.9 Å². The number of imide groups is 1. The van der Waals surface area contributed by atoms with Crippen LogP contribution in [-0.4, -0.2) is 101 Å².